The summed E-state index contributed by atoms with van der Waals surface area (Å²) in [5.41, 5.74) is -0.172. The van der Waals surface area contributed by atoms with Crippen molar-refractivity contribution in [3.63, 3.8) is 0 Å². The van der Waals surface area contributed by atoms with Crippen molar-refractivity contribution in [3.8, 4) is 0 Å². The van der Waals surface area contributed by atoms with Crippen LogP contribution in [0.1, 0.15) is 12.0 Å². The number of β-amino-alcohol motifs (C(OH)–C–C–N with tert-alkyl or cyclic N) is 1. The molecule has 0 aliphatic carbocycles. The fourth-order valence-corrected chi connectivity index (χ4v) is 3.35. The number of hydrogen-bond donors (Lipinski definition) is 1. The molecule has 8 heteroatoms. The number of halogens is 1. The van der Waals surface area contributed by atoms with Crippen LogP contribution < -0.4 is 0 Å². The normalized spacial score (nSPS) is 21.6. The lowest BCUT2D eigenvalue weighted by Crippen LogP contribution is -2.50. The Kier molecular flexibility index (Phi) is 5.63. The third-order valence-corrected chi connectivity index (χ3v) is 4.62. The number of aromatic nitrogens is 3. The average molecular weight is 361 g/mol. The van der Waals surface area contributed by atoms with Crippen LogP contribution in [0.25, 0.3) is 0 Å². The predicted octanol–water partition coefficient (Wildman–Crippen LogP) is 0.555. The largest absolute Gasteiger partial charge is 0.385 e. The SMILES string of the molecule is CN1CCN(C(=O)CCc2ccc(F)cc2)C[C@](O)(Cn2cncn2)C1. The second-order valence-corrected chi connectivity index (χ2v) is 7.00. The zero-order valence-electron chi connectivity index (χ0n) is 14.9. The Morgan fingerprint density at radius 2 is 2.04 bits per heavy atom. The van der Waals surface area contributed by atoms with Crippen LogP contribution in [-0.4, -0.2) is 74.4 Å². The third-order valence-electron chi connectivity index (χ3n) is 4.62. The fraction of sp³-hybridized carbons (Fsp3) is 0.500. The molecule has 0 saturated carbocycles. The molecule has 7 nitrogen and oxygen atoms in total. The molecule has 0 spiro atoms. The van der Waals surface area contributed by atoms with E-state index in [1.165, 1.54) is 18.5 Å². The summed E-state index contributed by atoms with van der Waals surface area (Å²) in [6.07, 6.45) is 3.86. The van der Waals surface area contributed by atoms with Gasteiger partial charge in [0.05, 0.1) is 13.1 Å². The van der Waals surface area contributed by atoms with Crippen LogP contribution in [0.2, 0.25) is 0 Å². The zero-order chi connectivity index (χ0) is 18.6. The maximum atomic E-state index is 13.0. The summed E-state index contributed by atoms with van der Waals surface area (Å²) in [5.74, 6) is -0.296. The van der Waals surface area contributed by atoms with Gasteiger partial charge in [0.15, 0.2) is 0 Å². The van der Waals surface area contributed by atoms with Gasteiger partial charge in [-0.2, -0.15) is 5.10 Å². The molecule has 140 valence electrons. The van der Waals surface area contributed by atoms with Gasteiger partial charge in [-0.25, -0.2) is 14.1 Å². The highest BCUT2D eigenvalue weighted by atomic mass is 19.1. The Balaban J connectivity index is 1.63. The van der Waals surface area contributed by atoms with Crippen molar-refractivity contribution in [1.82, 2.24) is 24.6 Å². The van der Waals surface area contributed by atoms with E-state index < -0.39 is 5.60 Å². The number of hydrogen-bond acceptors (Lipinski definition) is 5. The highest BCUT2D eigenvalue weighted by molar-refractivity contribution is 5.76. The molecule has 1 aromatic carbocycles. The van der Waals surface area contributed by atoms with Crippen LogP contribution in [0.4, 0.5) is 4.39 Å². The van der Waals surface area contributed by atoms with Gasteiger partial charge in [0.1, 0.15) is 24.1 Å². The van der Waals surface area contributed by atoms with Crippen molar-refractivity contribution in [3.05, 3.63) is 48.3 Å². The first kappa shape index (κ1) is 18.5. The molecule has 1 atom stereocenters. The molecule has 1 amide bonds. The molecule has 1 aliphatic rings. The highest BCUT2D eigenvalue weighted by Gasteiger charge is 2.36. The molecule has 1 saturated heterocycles. The summed E-state index contributed by atoms with van der Waals surface area (Å²) in [6, 6.07) is 6.19. The number of aliphatic hydroxyl groups is 1. The molecule has 0 unspecified atom stereocenters. The summed E-state index contributed by atoms with van der Waals surface area (Å²) in [7, 11) is 1.93. The minimum Gasteiger partial charge on any atom is -0.385 e. The minimum atomic E-state index is -1.09. The average Bonchev–Trinajstić information content (AvgIpc) is 3.04. The molecule has 1 fully saturated rings. The van der Waals surface area contributed by atoms with Gasteiger partial charge in [-0.05, 0) is 31.2 Å². The highest BCUT2D eigenvalue weighted by Crippen LogP contribution is 2.17. The summed E-state index contributed by atoms with van der Waals surface area (Å²) < 4.78 is 14.6. The summed E-state index contributed by atoms with van der Waals surface area (Å²) in [6.45, 7) is 2.24. The van der Waals surface area contributed by atoms with Crippen LogP contribution in [0, 0.1) is 5.82 Å². The number of amides is 1. The smallest absolute Gasteiger partial charge is 0.223 e. The van der Waals surface area contributed by atoms with Crippen molar-refractivity contribution >= 4 is 5.91 Å². The Hall–Kier alpha value is -2.32. The van der Waals surface area contributed by atoms with E-state index in [0.29, 0.717) is 32.5 Å². The second kappa shape index (κ2) is 7.92. The van der Waals surface area contributed by atoms with E-state index >= 15 is 0 Å². The molecule has 1 aromatic heterocycles. The Labute approximate surface area is 152 Å². The topological polar surface area (TPSA) is 74.5 Å². The first-order valence-corrected chi connectivity index (χ1v) is 8.69. The molecule has 1 N–H and O–H groups in total. The molecule has 2 heterocycles. The summed E-state index contributed by atoms with van der Waals surface area (Å²) in [4.78, 5) is 20.3. The van der Waals surface area contributed by atoms with Crippen molar-refractivity contribution in [2.75, 3.05) is 33.2 Å². The number of likely N-dealkylation sites (N-methyl/N-ethyl adjacent to an activating group) is 1. The first-order chi connectivity index (χ1) is 12.4. The third kappa shape index (κ3) is 4.86. The number of aryl methyl sites for hydroxylation is 1. The lowest BCUT2D eigenvalue weighted by atomic mass is 10.0. The summed E-state index contributed by atoms with van der Waals surface area (Å²) >= 11 is 0. The van der Waals surface area contributed by atoms with Gasteiger partial charge in [0.25, 0.3) is 0 Å². The number of carbonyl (C=O) groups excluding carboxylic acids is 1. The van der Waals surface area contributed by atoms with Crippen LogP contribution in [0.15, 0.2) is 36.9 Å². The Morgan fingerprint density at radius 1 is 1.27 bits per heavy atom. The van der Waals surface area contributed by atoms with Crippen LogP contribution in [0.3, 0.4) is 0 Å². The van der Waals surface area contributed by atoms with Gasteiger partial charge >= 0.3 is 0 Å². The van der Waals surface area contributed by atoms with Crippen LogP contribution in [0.5, 0.6) is 0 Å². The minimum absolute atomic E-state index is 0.0124. The lowest BCUT2D eigenvalue weighted by Gasteiger charge is -2.32. The van der Waals surface area contributed by atoms with E-state index in [0.717, 1.165) is 5.56 Å². The number of carbonyl (C=O) groups is 1. The first-order valence-electron chi connectivity index (χ1n) is 8.69. The van der Waals surface area contributed by atoms with Gasteiger partial charge in [-0.3, -0.25) is 4.79 Å². The lowest BCUT2D eigenvalue weighted by molar-refractivity contribution is -0.134. The molecule has 26 heavy (non-hydrogen) atoms. The maximum absolute atomic E-state index is 13.0. The van der Waals surface area contributed by atoms with Gasteiger partial charge in [-0.15, -0.1) is 0 Å². The maximum Gasteiger partial charge on any atom is 0.223 e. The van der Waals surface area contributed by atoms with E-state index in [1.54, 1.807) is 28.0 Å². The van der Waals surface area contributed by atoms with Crippen molar-refractivity contribution in [2.45, 2.75) is 25.0 Å². The standard InChI is InChI=1S/C18H24FN5O2/c1-22-8-9-23(11-18(26,10-22)12-24-14-20-13-21-24)17(25)7-4-15-2-5-16(19)6-3-15/h2-3,5-6,13-14,26H,4,7-12H2,1H3/t18-/m0/s1. The van der Waals surface area contributed by atoms with E-state index in [9.17, 15) is 14.3 Å². The molecule has 1 aliphatic heterocycles. The second-order valence-electron chi connectivity index (χ2n) is 7.00. The molecular weight excluding hydrogens is 337 g/mol. The van der Waals surface area contributed by atoms with Crippen molar-refractivity contribution < 1.29 is 14.3 Å². The molecular formula is C18H24FN5O2. The predicted molar refractivity (Wildman–Crippen MR) is 93.8 cm³/mol. The monoisotopic (exact) mass is 361 g/mol. The Bertz CT molecular complexity index is 722. The van der Waals surface area contributed by atoms with Crippen molar-refractivity contribution in [1.29, 1.82) is 0 Å². The molecule has 2 aromatic rings. The van der Waals surface area contributed by atoms with Crippen LogP contribution >= 0.6 is 0 Å². The molecule has 0 radical (unpaired) electrons. The number of benzene rings is 1. The zero-order valence-corrected chi connectivity index (χ0v) is 14.9. The molecule has 3 rings (SSSR count). The van der Waals surface area contributed by atoms with E-state index in [2.05, 4.69) is 10.1 Å². The fourth-order valence-electron chi connectivity index (χ4n) is 3.35. The number of nitrogens with zero attached hydrogens (tertiary/aromatic N) is 5. The Morgan fingerprint density at radius 3 is 2.73 bits per heavy atom. The van der Waals surface area contributed by atoms with Gasteiger partial charge < -0.3 is 14.9 Å². The van der Waals surface area contributed by atoms with Crippen LogP contribution in [-0.2, 0) is 17.8 Å². The van der Waals surface area contributed by atoms with E-state index in [1.807, 2.05) is 11.9 Å². The quantitative estimate of drug-likeness (QED) is 0.842. The van der Waals surface area contributed by atoms with E-state index in [4.69, 9.17) is 0 Å². The summed E-state index contributed by atoms with van der Waals surface area (Å²) in [5, 5.41) is 15.1. The van der Waals surface area contributed by atoms with Gasteiger partial charge in [0.2, 0.25) is 5.91 Å². The van der Waals surface area contributed by atoms with Gasteiger partial charge in [0, 0.05) is 26.1 Å². The van der Waals surface area contributed by atoms with E-state index in [-0.39, 0.29) is 24.8 Å². The number of rotatable bonds is 5. The molecule has 0 bridgehead atoms. The van der Waals surface area contributed by atoms with Crippen molar-refractivity contribution in [2.24, 2.45) is 0 Å². The van der Waals surface area contributed by atoms with Gasteiger partial charge in [-0.1, -0.05) is 12.1 Å².